The lowest BCUT2D eigenvalue weighted by Crippen LogP contribution is -2.12. The molecule has 0 bridgehead atoms. The van der Waals surface area contributed by atoms with E-state index in [1.54, 1.807) is 40.5 Å². The lowest BCUT2D eigenvalue weighted by atomic mass is 10.2. The van der Waals surface area contributed by atoms with E-state index in [4.69, 9.17) is 0 Å². The number of hydrogen-bond acceptors (Lipinski definition) is 5. The molecule has 0 aliphatic carbocycles. The van der Waals surface area contributed by atoms with E-state index in [1.165, 1.54) is 9.77 Å². The molecule has 3 aromatic rings. The van der Waals surface area contributed by atoms with Crippen LogP contribution >= 0.6 is 34.4 Å². The quantitative estimate of drug-likeness (QED) is 0.342. The number of thioether (sulfide) groups is 1. The molecule has 0 N–H and O–H groups in total. The molecule has 0 radical (unpaired) electrons. The first-order valence-electron chi connectivity index (χ1n) is 7.36. The molecule has 2 heterocycles. The zero-order valence-corrected chi connectivity index (χ0v) is 15.7. The molecule has 0 saturated heterocycles. The molecule has 3 nitrogen and oxygen atoms in total. The summed E-state index contributed by atoms with van der Waals surface area (Å²) in [6, 6.07) is 12.5. The molecule has 0 aliphatic rings. The second kappa shape index (κ2) is 8.28. The van der Waals surface area contributed by atoms with Crippen molar-refractivity contribution in [2.24, 2.45) is 10.1 Å². The van der Waals surface area contributed by atoms with Crippen LogP contribution in [0.2, 0.25) is 0 Å². The fourth-order valence-electron chi connectivity index (χ4n) is 2.07. The Morgan fingerprint density at radius 1 is 1.21 bits per heavy atom. The van der Waals surface area contributed by atoms with Gasteiger partial charge in [-0.3, -0.25) is 4.99 Å². The van der Waals surface area contributed by atoms with Gasteiger partial charge < -0.3 is 0 Å². The van der Waals surface area contributed by atoms with Crippen molar-refractivity contribution in [3.05, 3.63) is 70.2 Å². The monoisotopic (exact) mass is 371 g/mol. The summed E-state index contributed by atoms with van der Waals surface area (Å²) in [6.45, 7) is 4.32. The summed E-state index contributed by atoms with van der Waals surface area (Å²) in [5, 5.41) is 8.85. The molecule has 0 atom stereocenters. The van der Waals surface area contributed by atoms with Crippen LogP contribution in [0.15, 0.2) is 74.8 Å². The van der Waals surface area contributed by atoms with Crippen LogP contribution in [-0.2, 0) is 0 Å². The van der Waals surface area contributed by atoms with Gasteiger partial charge in [0.15, 0.2) is 0 Å². The molecule has 0 aliphatic heterocycles. The van der Waals surface area contributed by atoms with Crippen molar-refractivity contribution in [3.8, 4) is 10.6 Å². The van der Waals surface area contributed by atoms with Gasteiger partial charge in [0.05, 0.1) is 23.3 Å². The first-order valence-corrected chi connectivity index (χ1v) is 10.3. The Bertz CT molecular complexity index is 884. The third-order valence-corrected chi connectivity index (χ3v) is 5.74. The topological polar surface area (TPSA) is 29.6 Å². The third kappa shape index (κ3) is 3.95. The van der Waals surface area contributed by atoms with Gasteiger partial charge in [0, 0.05) is 10.3 Å². The third-order valence-electron chi connectivity index (χ3n) is 3.25. The standard InChI is InChI=1S/C18H17N3S3/c1-3-10-19-18-21(16(13-24-18)17-5-4-11-23-17)20-12-14-6-8-15(22-2)9-7-14/h3-9,11-13H,1,10H2,2H3. The molecular weight excluding hydrogens is 354 g/mol. The normalized spacial score (nSPS) is 12.1. The molecule has 24 heavy (non-hydrogen) atoms. The van der Waals surface area contributed by atoms with Crippen LogP contribution in [0.5, 0.6) is 0 Å². The average Bonchev–Trinajstić information content (AvgIpc) is 3.28. The Kier molecular flexibility index (Phi) is 5.85. The highest BCUT2D eigenvalue weighted by molar-refractivity contribution is 7.98. The lowest BCUT2D eigenvalue weighted by molar-refractivity contribution is 0.842. The van der Waals surface area contributed by atoms with E-state index >= 15 is 0 Å². The fraction of sp³-hybridized carbons (Fsp3) is 0.111. The average molecular weight is 372 g/mol. The highest BCUT2D eigenvalue weighted by Gasteiger charge is 2.07. The Morgan fingerprint density at radius 2 is 2.04 bits per heavy atom. The molecule has 0 unspecified atom stereocenters. The van der Waals surface area contributed by atoms with Gasteiger partial charge in [0.25, 0.3) is 0 Å². The Labute approximate surface area is 153 Å². The highest BCUT2D eigenvalue weighted by atomic mass is 32.2. The minimum Gasteiger partial charge on any atom is -0.253 e. The maximum atomic E-state index is 4.67. The minimum absolute atomic E-state index is 0.586. The molecule has 1 aromatic carbocycles. The number of nitrogens with zero attached hydrogens (tertiary/aromatic N) is 3. The SMILES string of the molecule is C=CCN=c1scc(-c2cccs2)n1N=Cc1ccc(SC)cc1. The Balaban J connectivity index is 1.99. The summed E-state index contributed by atoms with van der Waals surface area (Å²) in [4.78, 5) is 7.84. The largest absolute Gasteiger partial charge is 0.253 e. The predicted molar refractivity (Wildman–Crippen MR) is 107 cm³/mol. The maximum Gasteiger partial charge on any atom is 0.206 e. The van der Waals surface area contributed by atoms with Gasteiger partial charge >= 0.3 is 0 Å². The number of benzene rings is 1. The van der Waals surface area contributed by atoms with Gasteiger partial charge in [0.1, 0.15) is 0 Å². The second-order valence-corrected chi connectivity index (χ2v) is 7.50. The van der Waals surface area contributed by atoms with Crippen LogP contribution in [0.3, 0.4) is 0 Å². The molecule has 0 saturated carbocycles. The lowest BCUT2D eigenvalue weighted by Gasteiger charge is -2.01. The van der Waals surface area contributed by atoms with Gasteiger partial charge in [0.2, 0.25) is 4.80 Å². The molecule has 122 valence electrons. The van der Waals surface area contributed by atoms with Crippen LogP contribution in [0.25, 0.3) is 10.6 Å². The zero-order valence-electron chi connectivity index (χ0n) is 13.3. The van der Waals surface area contributed by atoms with Crippen molar-refractivity contribution >= 4 is 40.7 Å². The van der Waals surface area contributed by atoms with Gasteiger partial charge in [-0.25, -0.2) is 4.68 Å². The Hall–Kier alpha value is -1.89. The van der Waals surface area contributed by atoms with Crippen LogP contribution in [0, 0.1) is 0 Å². The number of thiazole rings is 1. The van der Waals surface area contributed by atoms with Crippen molar-refractivity contribution < 1.29 is 0 Å². The van der Waals surface area contributed by atoms with E-state index in [9.17, 15) is 0 Å². The molecule has 0 amide bonds. The molecule has 2 aromatic heterocycles. The molecule has 0 spiro atoms. The van der Waals surface area contributed by atoms with Gasteiger partial charge in [-0.15, -0.1) is 41.0 Å². The van der Waals surface area contributed by atoms with Gasteiger partial charge in [-0.2, -0.15) is 5.10 Å². The summed E-state index contributed by atoms with van der Waals surface area (Å²) < 4.78 is 1.91. The number of hydrogen-bond donors (Lipinski definition) is 0. The van der Waals surface area contributed by atoms with Crippen LogP contribution < -0.4 is 4.80 Å². The summed E-state index contributed by atoms with van der Waals surface area (Å²) in [5.74, 6) is 0. The van der Waals surface area contributed by atoms with E-state index in [1.807, 2.05) is 17.0 Å². The highest BCUT2D eigenvalue weighted by Crippen LogP contribution is 2.25. The summed E-state index contributed by atoms with van der Waals surface area (Å²) in [6.07, 6.45) is 5.74. The fourth-order valence-corrected chi connectivity index (χ4v) is 4.12. The maximum absolute atomic E-state index is 4.67. The van der Waals surface area contributed by atoms with Crippen molar-refractivity contribution in [2.45, 2.75) is 4.90 Å². The van der Waals surface area contributed by atoms with E-state index < -0.39 is 0 Å². The number of aromatic nitrogens is 1. The van der Waals surface area contributed by atoms with E-state index in [2.05, 4.69) is 64.0 Å². The van der Waals surface area contributed by atoms with Gasteiger partial charge in [-0.05, 0) is 35.4 Å². The van der Waals surface area contributed by atoms with Crippen molar-refractivity contribution in [1.82, 2.24) is 4.68 Å². The second-order valence-electron chi connectivity index (χ2n) is 4.84. The first kappa shape index (κ1) is 17.0. The van der Waals surface area contributed by atoms with Gasteiger partial charge in [-0.1, -0.05) is 24.3 Å². The zero-order chi connectivity index (χ0) is 16.8. The first-order chi connectivity index (χ1) is 11.8. The molecular formula is C18H17N3S3. The van der Waals surface area contributed by atoms with E-state index in [0.29, 0.717) is 6.54 Å². The number of rotatable bonds is 6. The minimum atomic E-state index is 0.586. The molecule has 3 rings (SSSR count). The summed E-state index contributed by atoms with van der Waals surface area (Å²) in [7, 11) is 0. The van der Waals surface area contributed by atoms with Crippen molar-refractivity contribution in [2.75, 3.05) is 12.8 Å². The van der Waals surface area contributed by atoms with E-state index in [0.717, 1.165) is 16.1 Å². The molecule has 6 heteroatoms. The summed E-state index contributed by atoms with van der Waals surface area (Å²) >= 11 is 5.03. The van der Waals surface area contributed by atoms with E-state index in [-0.39, 0.29) is 0 Å². The molecule has 0 fully saturated rings. The van der Waals surface area contributed by atoms with Crippen LogP contribution in [-0.4, -0.2) is 23.7 Å². The Morgan fingerprint density at radius 3 is 2.71 bits per heavy atom. The van der Waals surface area contributed by atoms with Crippen molar-refractivity contribution in [3.63, 3.8) is 0 Å². The van der Waals surface area contributed by atoms with Crippen molar-refractivity contribution in [1.29, 1.82) is 0 Å². The smallest absolute Gasteiger partial charge is 0.206 e. The summed E-state index contributed by atoms with van der Waals surface area (Å²) in [5.41, 5.74) is 2.13. The number of thiophene rings is 1. The van der Waals surface area contributed by atoms with Crippen LogP contribution in [0.4, 0.5) is 0 Å². The van der Waals surface area contributed by atoms with Crippen LogP contribution in [0.1, 0.15) is 5.56 Å². The predicted octanol–water partition coefficient (Wildman–Crippen LogP) is 4.97.